The van der Waals surface area contributed by atoms with Crippen LogP contribution in [0.5, 0.6) is 0 Å². The molecular weight excluding hydrogens is 192 g/mol. The van der Waals surface area contributed by atoms with Crippen molar-refractivity contribution in [3.8, 4) is 0 Å². The molecule has 1 heterocycles. The Kier molecular flexibility index (Phi) is 4.27. The summed E-state index contributed by atoms with van der Waals surface area (Å²) >= 11 is 0. The lowest BCUT2D eigenvalue weighted by atomic mass is 9.86. The van der Waals surface area contributed by atoms with Crippen molar-refractivity contribution in [1.82, 2.24) is 10.2 Å². The standard InChI is InChI=1S/C11H20N2O2/c1-8(2)9-6-10(14)13(5-4-12-3)11(15)7-9/h8-9,12H,4-7H2,1-3H3. The smallest absolute Gasteiger partial charge is 0.229 e. The molecule has 0 spiro atoms. The minimum Gasteiger partial charge on any atom is -0.318 e. The van der Waals surface area contributed by atoms with Crippen molar-refractivity contribution in [1.29, 1.82) is 0 Å². The number of hydrogen-bond donors (Lipinski definition) is 1. The molecule has 0 aromatic carbocycles. The topological polar surface area (TPSA) is 49.4 Å². The molecule has 0 aliphatic carbocycles. The lowest BCUT2D eigenvalue weighted by Gasteiger charge is -2.31. The Morgan fingerprint density at radius 2 is 1.87 bits per heavy atom. The summed E-state index contributed by atoms with van der Waals surface area (Å²) in [7, 11) is 1.82. The minimum absolute atomic E-state index is 0.0137. The van der Waals surface area contributed by atoms with Gasteiger partial charge in [-0.25, -0.2) is 0 Å². The highest BCUT2D eigenvalue weighted by Gasteiger charge is 2.33. The first-order valence-corrected chi connectivity index (χ1v) is 5.54. The molecule has 1 N–H and O–H groups in total. The van der Waals surface area contributed by atoms with E-state index in [9.17, 15) is 9.59 Å². The fourth-order valence-corrected chi connectivity index (χ4v) is 1.82. The first-order chi connectivity index (χ1) is 7.06. The van der Waals surface area contributed by atoms with Crippen LogP contribution in [0.1, 0.15) is 26.7 Å². The van der Waals surface area contributed by atoms with Crippen molar-refractivity contribution in [2.24, 2.45) is 11.8 Å². The number of carbonyl (C=O) groups is 2. The van der Waals surface area contributed by atoms with Crippen LogP contribution in [0.3, 0.4) is 0 Å². The van der Waals surface area contributed by atoms with E-state index in [0.29, 0.717) is 31.8 Å². The molecule has 0 bridgehead atoms. The second kappa shape index (κ2) is 5.26. The number of imide groups is 1. The average Bonchev–Trinajstić information content (AvgIpc) is 2.16. The van der Waals surface area contributed by atoms with E-state index in [4.69, 9.17) is 0 Å². The highest BCUT2D eigenvalue weighted by Crippen LogP contribution is 2.25. The van der Waals surface area contributed by atoms with Crippen molar-refractivity contribution in [2.75, 3.05) is 20.1 Å². The van der Waals surface area contributed by atoms with Gasteiger partial charge in [-0.2, -0.15) is 0 Å². The zero-order valence-corrected chi connectivity index (χ0v) is 9.75. The molecule has 4 nitrogen and oxygen atoms in total. The molecule has 0 aromatic heterocycles. The maximum atomic E-state index is 11.7. The second-order valence-electron chi connectivity index (χ2n) is 4.46. The highest BCUT2D eigenvalue weighted by atomic mass is 16.2. The molecule has 0 aromatic rings. The molecule has 1 rings (SSSR count). The highest BCUT2D eigenvalue weighted by molar-refractivity contribution is 5.97. The van der Waals surface area contributed by atoms with Crippen LogP contribution in [0, 0.1) is 11.8 Å². The fourth-order valence-electron chi connectivity index (χ4n) is 1.82. The van der Waals surface area contributed by atoms with Gasteiger partial charge in [-0.1, -0.05) is 13.8 Å². The molecule has 1 saturated heterocycles. The average molecular weight is 212 g/mol. The van der Waals surface area contributed by atoms with E-state index < -0.39 is 0 Å². The van der Waals surface area contributed by atoms with E-state index in [1.165, 1.54) is 4.90 Å². The number of carbonyl (C=O) groups excluding carboxylic acids is 2. The molecule has 1 aliphatic rings. The summed E-state index contributed by atoms with van der Waals surface area (Å²) in [6.07, 6.45) is 1.04. The first kappa shape index (κ1) is 12.2. The van der Waals surface area contributed by atoms with E-state index in [0.717, 1.165) is 0 Å². The predicted molar refractivity (Wildman–Crippen MR) is 58.2 cm³/mol. The lowest BCUT2D eigenvalue weighted by Crippen LogP contribution is -2.46. The van der Waals surface area contributed by atoms with Crippen molar-refractivity contribution < 1.29 is 9.59 Å². The van der Waals surface area contributed by atoms with Crippen molar-refractivity contribution in [3.63, 3.8) is 0 Å². The number of nitrogens with one attached hydrogen (secondary N) is 1. The van der Waals surface area contributed by atoms with Crippen LogP contribution in [-0.4, -0.2) is 36.9 Å². The summed E-state index contributed by atoms with van der Waals surface area (Å²) in [5, 5.41) is 2.94. The Bertz CT molecular complexity index is 233. The molecule has 0 saturated carbocycles. The van der Waals surface area contributed by atoms with Gasteiger partial charge >= 0.3 is 0 Å². The molecule has 15 heavy (non-hydrogen) atoms. The predicted octanol–water partition coefficient (Wildman–Crippen LogP) is 0.627. The van der Waals surface area contributed by atoms with Gasteiger partial charge in [-0.15, -0.1) is 0 Å². The Labute approximate surface area is 91.0 Å². The van der Waals surface area contributed by atoms with Gasteiger partial charge in [-0.05, 0) is 18.9 Å². The van der Waals surface area contributed by atoms with Crippen LogP contribution in [0.25, 0.3) is 0 Å². The monoisotopic (exact) mass is 212 g/mol. The lowest BCUT2D eigenvalue weighted by molar-refractivity contribution is -0.150. The van der Waals surface area contributed by atoms with Crippen LogP contribution in [0.4, 0.5) is 0 Å². The van der Waals surface area contributed by atoms with Crippen molar-refractivity contribution >= 4 is 11.8 Å². The summed E-state index contributed by atoms with van der Waals surface area (Å²) in [6.45, 7) is 5.30. The second-order valence-corrected chi connectivity index (χ2v) is 4.46. The third-order valence-corrected chi connectivity index (χ3v) is 3.00. The molecule has 0 unspecified atom stereocenters. The van der Waals surface area contributed by atoms with Gasteiger partial charge in [-0.3, -0.25) is 14.5 Å². The molecule has 4 heteroatoms. The summed E-state index contributed by atoms with van der Waals surface area (Å²) in [4.78, 5) is 24.8. The summed E-state index contributed by atoms with van der Waals surface area (Å²) < 4.78 is 0. The van der Waals surface area contributed by atoms with Gasteiger partial charge in [0.05, 0.1) is 0 Å². The SMILES string of the molecule is CNCCN1C(=O)CC(C(C)C)CC1=O. The Morgan fingerprint density at radius 1 is 1.33 bits per heavy atom. The van der Waals surface area contributed by atoms with Crippen LogP contribution in [0.15, 0.2) is 0 Å². The summed E-state index contributed by atoms with van der Waals surface area (Å²) in [6, 6.07) is 0. The molecule has 86 valence electrons. The number of likely N-dealkylation sites (N-methyl/N-ethyl adjacent to an activating group) is 1. The zero-order valence-electron chi connectivity index (χ0n) is 9.75. The number of nitrogens with zero attached hydrogens (tertiary/aromatic N) is 1. The van der Waals surface area contributed by atoms with E-state index in [1.54, 1.807) is 0 Å². The maximum Gasteiger partial charge on any atom is 0.229 e. The van der Waals surface area contributed by atoms with Gasteiger partial charge in [0.1, 0.15) is 0 Å². The van der Waals surface area contributed by atoms with Crippen molar-refractivity contribution in [3.05, 3.63) is 0 Å². The van der Waals surface area contributed by atoms with Crippen LogP contribution in [-0.2, 0) is 9.59 Å². The number of likely N-dealkylation sites (tertiary alicyclic amines) is 1. The molecule has 1 aliphatic heterocycles. The quantitative estimate of drug-likeness (QED) is 0.695. The Balaban J connectivity index is 2.57. The molecule has 0 radical (unpaired) electrons. The zero-order chi connectivity index (χ0) is 11.4. The van der Waals surface area contributed by atoms with Crippen molar-refractivity contribution in [2.45, 2.75) is 26.7 Å². The van der Waals surface area contributed by atoms with E-state index in [1.807, 2.05) is 7.05 Å². The number of hydrogen-bond acceptors (Lipinski definition) is 3. The summed E-state index contributed by atoms with van der Waals surface area (Å²) in [5.41, 5.74) is 0. The van der Waals surface area contributed by atoms with Crippen LogP contribution in [0.2, 0.25) is 0 Å². The normalized spacial score (nSPS) is 19.1. The number of piperidine rings is 1. The van der Waals surface area contributed by atoms with Gasteiger partial charge in [0.15, 0.2) is 0 Å². The van der Waals surface area contributed by atoms with E-state index in [-0.39, 0.29) is 17.7 Å². The van der Waals surface area contributed by atoms with E-state index in [2.05, 4.69) is 19.2 Å². The fraction of sp³-hybridized carbons (Fsp3) is 0.818. The third kappa shape index (κ3) is 3.02. The Hall–Kier alpha value is -0.900. The van der Waals surface area contributed by atoms with Gasteiger partial charge in [0.2, 0.25) is 11.8 Å². The molecule has 0 atom stereocenters. The largest absolute Gasteiger partial charge is 0.318 e. The van der Waals surface area contributed by atoms with Gasteiger partial charge in [0, 0.05) is 25.9 Å². The van der Waals surface area contributed by atoms with Gasteiger partial charge < -0.3 is 5.32 Å². The molecule has 2 amide bonds. The first-order valence-electron chi connectivity index (χ1n) is 5.54. The summed E-state index contributed by atoms with van der Waals surface area (Å²) in [5.74, 6) is 0.612. The minimum atomic E-state index is -0.0137. The molecular formula is C11H20N2O2. The van der Waals surface area contributed by atoms with Crippen LogP contribution < -0.4 is 5.32 Å². The Morgan fingerprint density at radius 3 is 2.27 bits per heavy atom. The van der Waals surface area contributed by atoms with Gasteiger partial charge in [0.25, 0.3) is 0 Å². The van der Waals surface area contributed by atoms with Crippen LogP contribution >= 0.6 is 0 Å². The van der Waals surface area contributed by atoms with E-state index >= 15 is 0 Å². The number of rotatable bonds is 4. The number of amides is 2. The molecule has 1 fully saturated rings. The maximum absolute atomic E-state index is 11.7. The third-order valence-electron chi connectivity index (χ3n) is 3.00.